The molecule has 2 unspecified atom stereocenters. The van der Waals surface area contributed by atoms with Crippen molar-refractivity contribution in [2.75, 3.05) is 0 Å². The van der Waals surface area contributed by atoms with Gasteiger partial charge in [0.05, 0.1) is 17.3 Å². The zero-order valence-corrected chi connectivity index (χ0v) is 11.5. The molecule has 1 aliphatic heterocycles. The summed E-state index contributed by atoms with van der Waals surface area (Å²) in [5, 5.41) is 18.9. The average molecular weight is 264 g/mol. The molecule has 0 saturated carbocycles. The number of hydrogen-bond donors (Lipinski definition) is 2. The van der Waals surface area contributed by atoms with Gasteiger partial charge >= 0.3 is 5.97 Å². The van der Waals surface area contributed by atoms with E-state index in [0.29, 0.717) is 11.5 Å². The smallest absolute Gasteiger partial charge is 0.335 e. The molecule has 0 spiro atoms. The maximum absolute atomic E-state index is 10.9. The molecule has 2 atom stereocenters. The first kappa shape index (κ1) is 13.9. The van der Waals surface area contributed by atoms with Gasteiger partial charge < -0.3 is 14.9 Å². The molecule has 1 fully saturated rings. The molecule has 2 rings (SSSR count). The molecule has 4 nitrogen and oxygen atoms in total. The minimum absolute atomic E-state index is 0.00759. The normalized spacial score (nSPS) is 26.8. The summed E-state index contributed by atoms with van der Waals surface area (Å²) in [6.07, 6.45) is 1.97. The van der Waals surface area contributed by atoms with Gasteiger partial charge in [0.1, 0.15) is 5.75 Å². The van der Waals surface area contributed by atoms with Crippen LogP contribution >= 0.6 is 0 Å². The number of carboxylic acids is 1. The van der Waals surface area contributed by atoms with Gasteiger partial charge in [0, 0.05) is 5.56 Å². The molecule has 104 valence electrons. The van der Waals surface area contributed by atoms with Crippen molar-refractivity contribution in [3.05, 3.63) is 29.3 Å². The van der Waals surface area contributed by atoms with Gasteiger partial charge in [0.2, 0.25) is 0 Å². The van der Waals surface area contributed by atoms with E-state index >= 15 is 0 Å². The van der Waals surface area contributed by atoms with Crippen molar-refractivity contribution >= 4 is 5.97 Å². The number of carboxylic acid groups (broad SMARTS) is 1. The van der Waals surface area contributed by atoms with Crippen LogP contribution in [-0.2, 0) is 10.3 Å². The predicted octanol–water partition coefficient (Wildman–Crippen LogP) is 3.14. The zero-order chi connectivity index (χ0) is 14.2. The molecular weight excluding hydrogens is 244 g/mol. The molecule has 0 amide bonds. The van der Waals surface area contributed by atoms with Gasteiger partial charge in [-0.15, -0.1) is 0 Å². The number of aromatic carboxylic acids is 1. The molecule has 0 radical (unpaired) electrons. The Hall–Kier alpha value is -1.55. The Bertz CT molecular complexity index is 495. The molecule has 1 aromatic rings. The molecule has 1 aromatic carbocycles. The van der Waals surface area contributed by atoms with Crippen molar-refractivity contribution in [2.45, 2.75) is 45.3 Å². The summed E-state index contributed by atoms with van der Waals surface area (Å²) in [5.41, 5.74) is 0.222. The SMILES string of the molecule is CC(C)C1CCC(C)(c2ccc(C(=O)O)cc2O)O1. The van der Waals surface area contributed by atoms with Crippen LogP contribution in [0.4, 0.5) is 0 Å². The Kier molecular flexibility index (Phi) is 3.54. The van der Waals surface area contributed by atoms with Crippen LogP contribution in [0.2, 0.25) is 0 Å². The van der Waals surface area contributed by atoms with Crippen molar-refractivity contribution < 1.29 is 19.7 Å². The fourth-order valence-electron chi connectivity index (χ4n) is 2.65. The lowest BCUT2D eigenvalue weighted by atomic mass is 9.90. The largest absolute Gasteiger partial charge is 0.508 e. The predicted molar refractivity (Wildman–Crippen MR) is 71.4 cm³/mol. The first-order valence-electron chi connectivity index (χ1n) is 6.58. The third-order valence-corrected chi connectivity index (χ3v) is 3.88. The number of phenolic OH excluding ortho intramolecular Hbond substituents is 1. The fraction of sp³-hybridized carbons (Fsp3) is 0.533. The topological polar surface area (TPSA) is 66.8 Å². The molecule has 0 aliphatic carbocycles. The number of ether oxygens (including phenoxy) is 1. The molecule has 1 saturated heterocycles. The van der Waals surface area contributed by atoms with E-state index < -0.39 is 11.6 Å². The van der Waals surface area contributed by atoms with Crippen LogP contribution in [0.5, 0.6) is 5.75 Å². The Morgan fingerprint density at radius 1 is 1.47 bits per heavy atom. The quantitative estimate of drug-likeness (QED) is 0.880. The number of benzene rings is 1. The number of phenols is 1. The second-order valence-corrected chi connectivity index (χ2v) is 5.71. The Balaban J connectivity index is 2.30. The summed E-state index contributed by atoms with van der Waals surface area (Å²) in [7, 11) is 0. The average Bonchev–Trinajstić information content (AvgIpc) is 2.72. The lowest BCUT2D eigenvalue weighted by Gasteiger charge is -2.27. The van der Waals surface area contributed by atoms with Gasteiger partial charge in [-0.1, -0.05) is 19.9 Å². The van der Waals surface area contributed by atoms with E-state index in [-0.39, 0.29) is 17.4 Å². The van der Waals surface area contributed by atoms with E-state index in [4.69, 9.17) is 9.84 Å². The minimum Gasteiger partial charge on any atom is -0.508 e. The maximum Gasteiger partial charge on any atom is 0.335 e. The first-order valence-corrected chi connectivity index (χ1v) is 6.58. The minimum atomic E-state index is -1.04. The van der Waals surface area contributed by atoms with Crippen LogP contribution in [-0.4, -0.2) is 22.3 Å². The highest BCUT2D eigenvalue weighted by molar-refractivity contribution is 5.88. The van der Waals surface area contributed by atoms with E-state index in [9.17, 15) is 9.90 Å². The Labute approximate surface area is 113 Å². The lowest BCUT2D eigenvalue weighted by molar-refractivity contribution is -0.0510. The summed E-state index contributed by atoms with van der Waals surface area (Å²) in [6, 6.07) is 4.45. The Morgan fingerprint density at radius 3 is 2.63 bits per heavy atom. The maximum atomic E-state index is 10.9. The van der Waals surface area contributed by atoms with E-state index in [1.54, 1.807) is 6.07 Å². The van der Waals surface area contributed by atoms with Crippen molar-refractivity contribution in [1.82, 2.24) is 0 Å². The fourth-order valence-corrected chi connectivity index (χ4v) is 2.65. The van der Waals surface area contributed by atoms with Crippen molar-refractivity contribution in [3.63, 3.8) is 0 Å². The van der Waals surface area contributed by atoms with Gasteiger partial charge in [0.15, 0.2) is 0 Å². The molecule has 0 aromatic heterocycles. The zero-order valence-electron chi connectivity index (χ0n) is 11.5. The molecule has 4 heteroatoms. The van der Waals surface area contributed by atoms with Crippen molar-refractivity contribution in [1.29, 1.82) is 0 Å². The molecule has 0 bridgehead atoms. The highest BCUT2D eigenvalue weighted by Gasteiger charge is 2.40. The molecule has 2 N–H and O–H groups in total. The summed E-state index contributed by atoms with van der Waals surface area (Å²) in [6.45, 7) is 6.18. The van der Waals surface area contributed by atoms with E-state index in [1.807, 2.05) is 6.92 Å². The van der Waals surface area contributed by atoms with Gasteiger partial charge in [-0.25, -0.2) is 4.79 Å². The molecule has 19 heavy (non-hydrogen) atoms. The lowest BCUT2D eigenvalue weighted by Crippen LogP contribution is -2.24. The number of aromatic hydroxyl groups is 1. The van der Waals surface area contributed by atoms with E-state index in [1.165, 1.54) is 12.1 Å². The van der Waals surface area contributed by atoms with Crippen LogP contribution in [0.15, 0.2) is 18.2 Å². The van der Waals surface area contributed by atoms with Gasteiger partial charge in [-0.3, -0.25) is 0 Å². The summed E-state index contributed by atoms with van der Waals surface area (Å²) < 4.78 is 6.07. The first-order chi connectivity index (χ1) is 8.83. The van der Waals surface area contributed by atoms with Crippen LogP contribution in [0.25, 0.3) is 0 Å². The molecular formula is C15H20O4. The molecule has 1 aliphatic rings. The van der Waals surface area contributed by atoms with Crippen LogP contribution in [0.1, 0.15) is 49.5 Å². The van der Waals surface area contributed by atoms with Gasteiger partial charge in [-0.05, 0) is 37.8 Å². The van der Waals surface area contributed by atoms with Gasteiger partial charge in [0.25, 0.3) is 0 Å². The number of carbonyl (C=O) groups is 1. The monoisotopic (exact) mass is 264 g/mol. The van der Waals surface area contributed by atoms with Crippen LogP contribution in [0, 0.1) is 5.92 Å². The van der Waals surface area contributed by atoms with Crippen LogP contribution < -0.4 is 0 Å². The number of hydrogen-bond acceptors (Lipinski definition) is 3. The third kappa shape index (κ3) is 2.59. The summed E-state index contributed by atoms with van der Waals surface area (Å²) >= 11 is 0. The standard InChI is InChI=1S/C15H20O4/c1-9(2)13-6-7-15(3,19-13)11-5-4-10(14(17)18)8-12(11)16/h4-5,8-9,13,16H,6-7H2,1-3H3,(H,17,18). The second kappa shape index (κ2) is 4.85. The highest BCUT2D eigenvalue weighted by Crippen LogP contribution is 2.44. The van der Waals surface area contributed by atoms with E-state index in [0.717, 1.165) is 12.8 Å². The second-order valence-electron chi connectivity index (χ2n) is 5.71. The summed E-state index contributed by atoms with van der Waals surface area (Å²) in [5.74, 6) is -0.617. The third-order valence-electron chi connectivity index (χ3n) is 3.88. The number of rotatable bonds is 3. The molecule has 1 heterocycles. The Morgan fingerprint density at radius 2 is 2.16 bits per heavy atom. The van der Waals surface area contributed by atoms with Crippen LogP contribution in [0.3, 0.4) is 0 Å². The van der Waals surface area contributed by atoms with Crippen molar-refractivity contribution in [2.24, 2.45) is 5.92 Å². The van der Waals surface area contributed by atoms with Crippen molar-refractivity contribution in [3.8, 4) is 5.75 Å². The van der Waals surface area contributed by atoms with Gasteiger partial charge in [-0.2, -0.15) is 0 Å². The highest BCUT2D eigenvalue weighted by atomic mass is 16.5. The summed E-state index contributed by atoms with van der Waals surface area (Å²) in [4.78, 5) is 10.9. The van der Waals surface area contributed by atoms with E-state index in [2.05, 4.69) is 13.8 Å².